The lowest BCUT2D eigenvalue weighted by Crippen LogP contribution is -2.26. The zero-order chi connectivity index (χ0) is 14.4. The van der Waals surface area contributed by atoms with Crippen molar-refractivity contribution in [1.29, 1.82) is 0 Å². The molecule has 4 heteroatoms. The Morgan fingerprint density at radius 3 is 2.95 bits per heavy atom. The smallest absolute Gasteiger partial charge is 0.224 e. The molecule has 2 aromatic rings. The summed E-state index contributed by atoms with van der Waals surface area (Å²) in [7, 11) is 2.01. The van der Waals surface area contributed by atoms with Crippen molar-refractivity contribution in [3.05, 3.63) is 36.0 Å². The number of fused-ring (bicyclic) bond motifs is 1. The highest BCUT2D eigenvalue weighted by atomic mass is 16.5. The second kappa shape index (κ2) is 7.10. The zero-order valence-electron chi connectivity index (χ0n) is 12.2. The topological polar surface area (TPSA) is 43.3 Å². The monoisotopic (exact) mass is 274 g/mol. The molecule has 2 rings (SSSR count). The van der Waals surface area contributed by atoms with Crippen LogP contribution in [0, 0.1) is 0 Å². The summed E-state index contributed by atoms with van der Waals surface area (Å²) in [5, 5.41) is 4.09. The molecule has 1 aromatic carbocycles. The first-order valence-electron chi connectivity index (χ1n) is 7.09. The highest BCUT2D eigenvalue weighted by Crippen LogP contribution is 2.20. The maximum Gasteiger partial charge on any atom is 0.224 e. The molecule has 20 heavy (non-hydrogen) atoms. The van der Waals surface area contributed by atoms with Crippen LogP contribution in [0.2, 0.25) is 0 Å². The minimum absolute atomic E-state index is 0.0675. The number of nitrogens with one attached hydrogen (secondary N) is 1. The van der Waals surface area contributed by atoms with E-state index in [0.29, 0.717) is 19.6 Å². The summed E-state index contributed by atoms with van der Waals surface area (Å²) in [5.41, 5.74) is 2.23. The van der Waals surface area contributed by atoms with E-state index in [1.54, 1.807) is 0 Å². The van der Waals surface area contributed by atoms with E-state index in [1.165, 1.54) is 0 Å². The number of amides is 1. The molecule has 1 aromatic heterocycles. The number of carbonyl (C=O) groups excluding carboxylic acids is 1. The first-order valence-corrected chi connectivity index (χ1v) is 7.09. The predicted molar refractivity (Wildman–Crippen MR) is 80.7 cm³/mol. The van der Waals surface area contributed by atoms with E-state index in [-0.39, 0.29) is 5.91 Å². The van der Waals surface area contributed by atoms with E-state index < -0.39 is 0 Å². The van der Waals surface area contributed by atoms with E-state index in [1.807, 2.05) is 32.3 Å². The summed E-state index contributed by atoms with van der Waals surface area (Å²) in [6.07, 6.45) is 3.32. The van der Waals surface area contributed by atoms with Gasteiger partial charge in [-0.3, -0.25) is 4.79 Å². The number of rotatable bonds is 7. The molecule has 4 nitrogen and oxygen atoms in total. The van der Waals surface area contributed by atoms with Crippen LogP contribution in [0.1, 0.15) is 18.9 Å². The maximum atomic E-state index is 11.9. The lowest BCUT2D eigenvalue weighted by Gasteiger charge is -2.05. The predicted octanol–water partition coefficient (Wildman–Crippen LogP) is 2.26. The van der Waals surface area contributed by atoms with Crippen LogP contribution in [0.4, 0.5) is 0 Å². The van der Waals surface area contributed by atoms with Crippen LogP contribution in [0.5, 0.6) is 0 Å². The van der Waals surface area contributed by atoms with Crippen molar-refractivity contribution in [3.63, 3.8) is 0 Å². The van der Waals surface area contributed by atoms with Gasteiger partial charge in [-0.25, -0.2) is 0 Å². The van der Waals surface area contributed by atoms with Crippen molar-refractivity contribution in [1.82, 2.24) is 9.88 Å². The van der Waals surface area contributed by atoms with Gasteiger partial charge >= 0.3 is 0 Å². The Hall–Kier alpha value is -1.81. The van der Waals surface area contributed by atoms with Gasteiger partial charge in [0.1, 0.15) is 0 Å². The molecule has 1 amide bonds. The lowest BCUT2D eigenvalue weighted by molar-refractivity contribution is -0.120. The van der Waals surface area contributed by atoms with Gasteiger partial charge in [-0.2, -0.15) is 0 Å². The summed E-state index contributed by atoms with van der Waals surface area (Å²) in [6, 6.07) is 8.15. The first-order chi connectivity index (χ1) is 9.72. The molecule has 0 bridgehead atoms. The van der Waals surface area contributed by atoms with Gasteiger partial charge in [0.15, 0.2) is 0 Å². The Bertz CT molecular complexity index is 575. The second-order valence-corrected chi connectivity index (χ2v) is 4.86. The van der Waals surface area contributed by atoms with Gasteiger partial charge in [-0.05, 0) is 25.0 Å². The average molecular weight is 274 g/mol. The third-order valence-corrected chi connectivity index (χ3v) is 3.32. The van der Waals surface area contributed by atoms with Crippen molar-refractivity contribution in [2.45, 2.75) is 19.8 Å². The molecule has 108 valence electrons. The third kappa shape index (κ3) is 3.61. The number of aryl methyl sites for hydroxylation is 1. The maximum absolute atomic E-state index is 11.9. The number of ether oxygens (including phenoxy) is 1. The van der Waals surface area contributed by atoms with Crippen LogP contribution in [0.25, 0.3) is 10.9 Å². The number of hydrogen-bond donors (Lipinski definition) is 1. The summed E-state index contributed by atoms with van der Waals surface area (Å²) in [6.45, 7) is 4.07. The fraction of sp³-hybridized carbons (Fsp3) is 0.438. The SMILES string of the molecule is CCOCCCNC(=O)Cc1cn(C)c2ccccc12. The van der Waals surface area contributed by atoms with Crippen LogP contribution < -0.4 is 5.32 Å². The molecular weight excluding hydrogens is 252 g/mol. The second-order valence-electron chi connectivity index (χ2n) is 4.86. The highest BCUT2D eigenvalue weighted by Gasteiger charge is 2.09. The van der Waals surface area contributed by atoms with Gasteiger partial charge in [0.05, 0.1) is 6.42 Å². The Balaban J connectivity index is 1.90. The lowest BCUT2D eigenvalue weighted by atomic mass is 10.1. The molecule has 0 saturated carbocycles. The van der Waals surface area contributed by atoms with Gasteiger partial charge in [0, 0.05) is 43.9 Å². The van der Waals surface area contributed by atoms with Gasteiger partial charge in [-0.15, -0.1) is 0 Å². The Morgan fingerprint density at radius 2 is 2.15 bits per heavy atom. The number of para-hydroxylation sites is 1. The minimum atomic E-state index is 0.0675. The standard InChI is InChI=1S/C16H22N2O2/c1-3-20-10-6-9-17-16(19)11-13-12-18(2)15-8-5-4-7-14(13)15/h4-5,7-8,12H,3,6,9-11H2,1-2H3,(H,17,19). The molecule has 0 atom stereocenters. The average Bonchev–Trinajstić information content (AvgIpc) is 2.76. The van der Waals surface area contributed by atoms with Crippen molar-refractivity contribution in [2.75, 3.05) is 19.8 Å². The van der Waals surface area contributed by atoms with Crippen LogP contribution >= 0.6 is 0 Å². The normalized spacial score (nSPS) is 10.9. The van der Waals surface area contributed by atoms with Crippen molar-refractivity contribution < 1.29 is 9.53 Å². The largest absolute Gasteiger partial charge is 0.382 e. The van der Waals surface area contributed by atoms with Gasteiger partial charge < -0.3 is 14.6 Å². The van der Waals surface area contributed by atoms with E-state index in [4.69, 9.17) is 4.74 Å². The van der Waals surface area contributed by atoms with Crippen LogP contribution in [0.15, 0.2) is 30.5 Å². The van der Waals surface area contributed by atoms with Gasteiger partial charge in [-0.1, -0.05) is 18.2 Å². The Kier molecular flexibility index (Phi) is 5.18. The molecule has 0 aliphatic heterocycles. The summed E-state index contributed by atoms with van der Waals surface area (Å²) in [4.78, 5) is 11.9. The van der Waals surface area contributed by atoms with E-state index >= 15 is 0 Å². The van der Waals surface area contributed by atoms with E-state index in [0.717, 1.165) is 29.5 Å². The van der Waals surface area contributed by atoms with Crippen LogP contribution in [0.3, 0.4) is 0 Å². The zero-order valence-corrected chi connectivity index (χ0v) is 12.2. The summed E-state index contributed by atoms with van der Waals surface area (Å²) < 4.78 is 7.30. The number of nitrogens with zero attached hydrogens (tertiary/aromatic N) is 1. The molecule has 0 spiro atoms. The van der Waals surface area contributed by atoms with Gasteiger partial charge in [0.25, 0.3) is 0 Å². The molecule has 0 fully saturated rings. The number of benzene rings is 1. The molecule has 0 aliphatic carbocycles. The van der Waals surface area contributed by atoms with Crippen LogP contribution in [-0.4, -0.2) is 30.2 Å². The highest BCUT2D eigenvalue weighted by molar-refractivity contribution is 5.89. The summed E-state index contributed by atoms with van der Waals surface area (Å²) >= 11 is 0. The molecule has 1 heterocycles. The quantitative estimate of drug-likeness (QED) is 0.787. The number of hydrogen-bond acceptors (Lipinski definition) is 2. The molecule has 1 N–H and O–H groups in total. The van der Waals surface area contributed by atoms with E-state index in [2.05, 4.69) is 22.0 Å². The fourth-order valence-electron chi connectivity index (χ4n) is 2.35. The van der Waals surface area contributed by atoms with Crippen molar-refractivity contribution >= 4 is 16.8 Å². The Morgan fingerprint density at radius 1 is 1.35 bits per heavy atom. The molecule has 0 unspecified atom stereocenters. The van der Waals surface area contributed by atoms with Gasteiger partial charge in [0.2, 0.25) is 5.91 Å². The molecule has 0 aliphatic rings. The first kappa shape index (κ1) is 14.6. The van der Waals surface area contributed by atoms with Crippen molar-refractivity contribution in [2.24, 2.45) is 7.05 Å². The molecule has 0 saturated heterocycles. The summed E-state index contributed by atoms with van der Waals surface area (Å²) in [5.74, 6) is 0.0675. The fourth-order valence-corrected chi connectivity index (χ4v) is 2.35. The van der Waals surface area contributed by atoms with Crippen LogP contribution in [-0.2, 0) is 23.0 Å². The van der Waals surface area contributed by atoms with Crippen molar-refractivity contribution in [3.8, 4) is 0 Å². The molecular formula is C16H22N2O2. The minimum Gasteiger partial charge on any atom is -0.382 e. The third-order valence-electron chi connectivity index (χ3n) is 3.32. The number of carbonyl (C=O) groups is 1. The molecule has 0 radical (unpaired) electrons. The van der Waals surface area contributed by atoms with E-state index in [9.17, 15) is 4.79 Å². The Labute approximate surface area is 119 Å². The number of aromatic nitrogens is 1.